The van der Waals surface area contributed by atoms with Gasteiger partial charge in [0.1, 0.15) is 11.4 Å². The van der Waals surface area contributed by atoms with Crippen molar-refractivity contribution in [1.82, 2.24) is 19.7 Å². The van der Waals surface area contributed by atoms with Crippen molar-refractivity contribution in [3.05, 3.63) is 87.7 Å². The first-order valence-corrected chi connectivity index (χ1v) is 11.6. The fourth-order valence-corrected chi connectivity index (χ4v) is 5.07. The fraction of sp³-hybridized carbons (Fsp3) is 0.154. The largest absolute Gasteiger partial charge is 0.478 e. The molecule has 0 fully saturated rings. The van der Waals surface area contributed by atoms with Gasteiger partial charge in [-0.3, -0.25) is 4.98 Å². The van der Waals surface area contributed by atoms with Crippen LogP contribution in [0.4, 0.5) is 0 Å². The summed E-state index contributed by atoms with van der Waals surface area (Å²) >= 11 is 13.2. The van der Waals surface area contributed by atoms with E-state index >= 15 is 0 Å². The maximum absolute atomic E-state index is 11.5. The zero-order valence-electron chi connectivity index (χ0n) is 19.1. The van der Waals surface area contributed by atoms with Crippen molar-refractivity contribution >= 4 is 40.2 Å². The Morgan fingerprint density at radius 2 is 1.83 bits per heavy atom. The first-order chi connectivity index (χ1) is 16.8. The topological polar surface area (TPSA) is 94.0 Å². The number of hydrogen-bond acceptors (Lipinski definition) is 5. The highest BCUT2D eigenvalue weighted by Crippen LogP contribution is 2.42. The first kappa shape index (κ1) is 23.1. The molecule has 0 radical (unpaired) electrons. The highest BCUT2D eigenvalue weighted by molar-refractivity contribution is 6.40. The van der Waals surface area contributed by atoms with E-state index in [1.807, 2.05) is 55.8 Å². The zero-order valence-corrected chi connectivity index (χ0v) is 20.6. The lowest BCUT2D eigenvalue weighted by molar-refractivity contribution is 0.0697. The minimum Gasteiger partial charge on any atom is -0.478 e. The van der Waals surface area contributed by atoms with Crippen LogP contribution < -0.4 is 0 Å². The molecular weight excluding hydrogens is 487 g/mol. The normalized spacial score (nSPS) is 12.3. The molecule has 9 heteroatoms. The summed E-state index contributed by atoms with van der Waals surface area (Å²) in [5.74, 6) is -0.415. The van der Waals surface area contributed by atoms with Gasteiger partial charge in [-0.25, -0.2) is 9.78 Å². The Hall–Kier alpha value is -3.68. The predicted octanol–water partition coefficient (Wildman–Crippen LogP) is 6.98. The SMILES string of the molecule is Cc1noc(C)c1-c1cnc2c(c1)c(-c1c(Cl)cc(C(=O)O)cc1Cl)cn2[C@@H](C)c1ccccn1. The third-order valence-corrected chi connectivity index (χ3v) is 6.68. The molecule has 1 aromatic carbocycles. The Kier molecular flexibility index (Phi) is 5.83. The number of rotatable bonds is 5. The van der Waals surface area contributed by atoms with Gasteiger partial charge in [-0.05, 0) is 51.1 Å². The Morgan fingerprint density at radius 1 is 1.09 bits per heavy atom. The van der Waals surface area contributed by atoms with E-state index in [4.69, 9.17) is 32.7 Å². The highest BCUT2D eigenvalue weighted by Gasteiger charge is 2.23. The van der Waals surface area contributed by atoms with Gasteiger partial charge in [0.15, 0.2) is 0 Å². The van der Waals surface area contributed by atoms with Gasteiger partial charge in [0.2, 0.25) is 0 Å². The minimum atomic E-state index is -1.10. The number of nitrogens with zero attached hydrogens (tertiary/aromatic N) is 4. The summed E-state index contributed by atoms with van der Waals surface area (Å²) in [5.41, 5.74) is 5.33. The van der Waals surface area contributed by atoms with Gasteiger partial charge >= 0.3 is 5.97 Å². The van der Waals surface area contributed by atoms with Crippen molar-refractivity contribution < 1.29 is 14.4 Å². The average molecular weight is 507 g/mol. The zero-order chi connectivity index (χ0) is 24.9. The lowest BCUT2D eigenvalue weighted by atomic mass is 10.0. The van der Waals surface area contributed by atoms with E-state index in [0.717, 1.165) is 33.5 Å². The monoisotopic (exact) mass is 506 g/mol. The van der Waals surface area contributed by atoms with Gasteiger partial charge in [-0.1, -0.05) is 34.4 Å². The summed E-state index contributed by atoms with van der Waals surface area (Å²) in [6.07, 6.45) is 5.47. The van der Waals surface area contributed by atoms with Crippen LogP contribution in [0.15, 0.2) is 59.5 Å². The van der Waals surface area contributed by atoms with E-state index in [1.54, 1.807) is 12.4 Å². The molecule has 176 valence electrons. The van der Waals surface area contributed by atoms with E-state index in [9.17, 15) is 9.90 Å². The van der Waals surface area contributed by atoms with Crippen molar-refractivity contribution in [2.75, 3.05) is 0 Å². The molecule has 4 heterocycles. The van der Waals surface area contributed by atoms with E-state index < -0.39 is 5.97 Å². The molecule has 4 aromatic heterocycles. The molecule has 0 bridgehead atoms. The Bertz CT molecular complexity index is 1550. The Labute approximate surface area is 210 Å². The molecule has 1 N–H and O–H groups in total. The van der Waals surface area contributed by atoms with E-state index in [0.29, 0.717) is 17.0 Å². The number of pyridine rings is 2. The number of carboxylic acid groups (broad SMARTS) is 1. The van der Waals surface area contributed by atoms with E-state index in [2.05, 4.69) is 10.1 Å². The molecule has 0 saturated carbocycles. The van der Waals surface area contributed by atoms with Gasteiger partial charge in [0.05, 0.1) is 33.0 Å². The lowest BCUT2D eigenvalue weighted by Gasteiger charge is -2.14. The summed E-state index contributed by atoms with van der Waals surface area (Å²) in [6.45, 7) is 5.77. The van der Waals surface area contributed by atoms with Gasteiger partial charge in [-0.15, -0.1) is 0 Å². The highest BCUT2D eigenvalue weighted by atomic mass is 35.5. The third-order valence-electron chi connectivity index (χ3n) is 6.08. The minimum absolute atomic E-state index is 0.0175. The van der Waals surface area contributed by atoms with Crippen LogP contribution >= 0.6 is 23.2 Å². The number of fused-ring (bicyclic) bond motifs is 1. The van der Waals surface area contributed by atoms with Gasteiger partial charge in [0.25, 0.3) is 0 Å². The number of aromatic nitrogens is 4. The van der Waals surface area contributed by atoms with Crippen LogP contribution in [0, 0.1) is 13.8 Å². The van der Waals surface area contributed by atoms with Crippen LogP contribution in [0.3, 0.4) is 0 Å². The summed E-state index contributed by atoms with van der Waals surface area (Å²) < 4.78 is 7.38. The van der Waals surface area contributed by atoms with Crippen molar-refractivity contribution in [3.63, 3.8) is 0 Å². The molecule has 0 amide bonds. The summed E-state index contributed by atoms with van der Waals surface area (Å²) in [5, 5.41) is 14.8. The lowest BCUT2D eigenvalue weighted by Crippen LogP contribution is -2.07. The summed E-state index contributed by atoms with van der Waals surface area (Å²) in [7, 11) is 0. The molecule has 0 spiro atoms. The Balaban J connectivity index is 1.79. The summed E-state index contributed by atoms with van der Waals surface area (Å²) in [6, 6.07) is 10.4. The molecule has 7 nitrogen and oxygen atoms in total. The Morgan fingerprint density at radius 3 is 2.43 bits per heavy atom. The molecule has 0 aliphatic heterocycles. The molecule has 5 rings (SSSR count). The molecule has 0 unspecified atom stereocenters. The number of benzene rings is 1. The fourth-order valence-electron chi connectivity index (χ4n) is 4.38. The second-order valence-electron chi connectivity index (χ2n) is 8.29. The second-order valence-corrected chi connectivity index (χ2v) is 9.11. The molecular formula is C26H20Cl2N4O3. The summed E-state index contributed by atoms with van der Waals surface area (Å²) in [4.78, 5) is 20.8. The number of carboxylic acids is 1. The predicted molar refractivity (Wildman–Crippen MR) is 135 cm³/mol. The number of aryl methyl sites for hydroxylation is 2. The smallest absolute Gasteiger partial charge is 0.335 e. The molecule has 0 saturated heterocycles. The van der Waals surface area contributed by atoms with E-state index in [-0.39, 0.29) is 21.7 Å². The molecule has 35 heavy (non-hydrogen) atoms. The standard InChI is InChI=1S/C26H20Cl2N4O3/c1-13-23(15(3)35-31-13)17-8-18-19(24-20(27)9-16(26(33)34)10-21(24)28)12-32(25(18)30-11-17)14(2)22-6-4-5-7-29-22/h4-12,14H,1-3H3,(H,33,34)/t14-/m0/s1. The van der Waals surface area contributed by atoms with Gasteiger partial charge in [-0.2, -0.15) is 0 Å². The van der Waals surface area contributed by atoms with Crippen LogP contribution in [-0.2, 0) is 0 Å². The first-order valence-electron chi connectivity index (χ1n) is 10.8. The molecule has 0 aliphatic carbocycles. The van der Waals surface area contributed by atoms with E-state index in [1.165, 1.54) is 12.1 Å². The average Bonchev–Trinajstić information content (AvgIpc) is 3.37. The van der Waals surface area contributed by atoms with Gasteiger partial charge in [0, 0.05) is 46.2 Å². The van der Waals surface area contributed by atoms with Crippen molar-refractivity contribution in [3.8, 4) is 22.3 Å². The number of hydrogen-bond donors (Lipinski definition) is 1. The third kappa shape index (κ3) is 3.96. The van der Waals surface area contributed by atoms with Crippen LogP contribution in [-0.4, -0.2) is 30.8 Å². The second kappa shape index (κ2) is 8.83. The number of carbonyl (C=O) groups is 1. The van der Waals surface area contributed by atoms with Crippen molar-refractivity contribution in [2.24, 2.45) is 0 Å². The maximum atomic E-state index is 11.5. The molecule has 1 atom stereocenters. The van der Waals surface area contributed by atoms with Gasteiger partial charge < -0.3 is 14.2 Å². The van der Waals surface area contributed by atoms with Crippen LogP contribution in [0.2, 0.25) is 10.0 Å². The van der Waals surface area contributed by atoms with Crippen LogP contribution in [0.5, 0.6) is 0 Å². The molecule has 5 aromatic rings. The maximum Gasteiger partial charge on any atom is 0.335 e. The van der Waals surface area contributed by atoms with Crippen LogP contribution in [0.25, 0.3) is 33.3 Å². The number of aromatic carboxylic acids is 1. The molecule has 0 aliphatic rings. The quantitative estimate of drug-likeness (QED) is 0.276. The number of halogens is 2. The van der Waals surface area contributed by atoms with Crippen molar-refractivity contribution in [2.45, 2.75) is 26.8 Å². The van der Waals surface area contributed by atoms with Crippen LogP contribution in [0.1, 0.15) is 40.5 Å². The van der Waals surface area contributed by atoms with Crippen molar-refractivity contribution in [1.29, 1.82) is 0 Å².